The van der Waals surface area contributed by atoms with Gasteiger partial charge in [0.1, 0.15) is 5.82 Å². The van der Waals surface area contributed by atoms with Crippen LogP contribution < -0.4 is 5.32 Å². The van der Waals surface area contributed by atoms with E-state index in [-0.39, 0.29) is 11.9 Å². The molecule has 2 aliphatic rings. The van der Waals surface area contributed by atoms with Gasteiger partial charge in [-0.25, -0.2) is 4.39 Å². The van der Waals surface area contributed by atoms with Gasteiger partial charge in [0.05, 0.1) is 4.47 Å². The lowest BCUT2D eigenvalue weighted by atomic mass is 9.82. The quantitative estimate of drug-likeness (QED) is 0.874. The maximum absolute atomic E-state index is 14.5. The van der Waals surface area contributed by atoms with E-state index in [0.717, 1.165) is 12.1 Å². The van der Waals surface area contributed by atoms with Crippen molar-refractivity contribution < 1.29 is 4.39 Å². The summed E-state index contributed by atoms with van der Waals surface area (Å²) in [5, 5.41) is 3.54. The Morgan fingerprint density at radius 3 is 2.62 bits per heavy atom. The number of benzene rings is 1. The number of hydrogen-bond donors (Lipinski definition) is 1. The van der Waals surface area contributed by atoms with Crippen LogP contribution in [-0.2, 0) is 0 Å². The number of halogens is 2. The largest absolute Gasteiger partial charge is 0.310 e. The Kier molecular flexibility index (Phi) is 4.67. The van der Waals surface area contributed by atoms with Gasteiger partial charge in [-0.1, -0.05) is 19.1 Å². The predicted octanol–water partition coefficient (Wildman–Crippen LogP) is 4.11. The monoisotopic (exact) mass is 354 g/mol. The van der Waals surface area contributed by atoms with Crippen LogP contribution in [0, 0.1) is 11.7 Å². The molecule has 3 rings (SSSR count). The summed E-state index contributed by atoms with van der Waals surface area (Å²) >= 11 is 3.32. The summed E-state index contributed by atoms with van der Waals surface area (Å²) in [7, 11) is 2.25. The highest BCUT2D eigenvalue weighted by Crippen LogP contribution is 2.43. The van der Waals surface area contributed by atoms with Crippen LogP contribution in [0.4, 0.5) is 4.39 Å². The number of nitrogens with one attached hydrogen (secondary N) is 1. The van der Waals surface area contributed by atoms with E-state index in [1.807, 2.05) is 12.1 Å². The second-order valence-electron chi connectivity index (χ2n) is 6.46. The van der Waals surface area contributed by atoms with Gasteiger partial charge in [-0.05, 0) is 67.2 Å². The zero-order valence-corrected chi connectivity index (χ0v) is 14.4. The molecule has 2 aliphatic heterocycles. The number of hydrogen-bond acceptors (Lipinski definition) is 2. The maximum atomic E-state index is 14.5. The molecular formula is C17H24BrFN2. The van der Waals surface area contributed by atoms with E-state index < -0.39 is 0 Å². The predicted molar refractivity (Wildman–Crippen MR) is 87.8 cm³/mol. The Bertz CT molecular complexity index is 494. The fourth-order valence-corrected chi connectivity index (χ4v) is 4.62. The van der Waals surface area contributed by atoms with E-state index in [9.17, 15) is 4.39 Å². The summed E-state index contributed by atoms with van der Waals surface area (Å²) in [6.45, 7) is 2.98. The average molecular weight is 355 g/mol. The van der Waals surface area contributed by atoms with E-state index in [4.69, 9.17) is 0 Å². The van der Waals surface area contributed by atoms with Gasteiger partial charge in [0, 0.05) is 23.7 Å². The van der Waals surface area contributed by atoms with Crippen molar-refractivity contribution in [1.82, 2.24) is 10.2 Å². The molecule has 0 spiro atoms. The Hall–Kier alpha value is -0.450. The fourth-order valence-electron chi connectivity index (χ4n) is 4.24. The first-order chi connectivity index (χ1) is 10.1. The molecule has 4 heteroatoms. The molecule has 2 fully saturated rings. The summed E-state index contributed by atoms with van der Waals surface area (Å²) < 4.78 is 15.1. The highest BCUT2D eigenvalue weighted by Gasteiger charge is 2.41. The third-order valence-corrected chi connectivity index (χ3v) is 5.96. The molecule has 3 unspecified atom stereocenters. The standard InChI is InChI=1S/C17H24BrFN2/c1-3-20-17(14-5-4-6-15(18)16(14)19)11-9-12-7-8-13(10-11)21(12)2/h4-6,11-13,17,20H,3,7-10H2,1-2H3. The lowest BCUT2D eigenvalue weighted by Gasteiger charge is -2.40. The first kappa shape index (κ1) is 15.4. The first-order valence-corrected chi connectivity index (χ1v) is 8.80. The summed E-state index contributed by atoms with van der Waals surface area (Å²) in [6.07, 6.45) is 4.96. The van der Waals surface area contributed by atoms with E-state index in [0.29, 0.717) is 22.5 Å². The summed E-state index contributed by atoms with van der Waals surface area (Å²) in [5.41, 5.74) is 0.820. The number of fused-ring (bicyclic) bond motifs is 2. The van der Waals surface area contributed by atoms with Crippen LogP contribution in [0.2, 0.25) is 0 Å². The van der Waals surface area contributed by atoms with Crippen molar-refractivity contribution in [3.8, 4) is 0 Å². The lowest BCUT2D eigenvalue weighted by Crippen LogP contribution is -2.44. The second-order valence-corrected chi connectivity index (χ2v) is 7.31. The van der Waals surface area contributed by atoms with Crippen LogP contribution in [0.3, 0.4) is 0 Å². The summed E-state index contributed by atoms with van der Waals surface area (Å²) in [4.78, 5) is 2.54. The van der Waals surface area contributed by atoms with E-state index in [2.05, 4.69) is 40.1 Å². The third kappa shape index (κ3) is 2.90. The van der Waals surface area contributed by atoms with E-state index in [1.54, 1.807) is 6.07 Å². The molecule has 3 atom stereocenters. The van der Waals surface area contributed by atoms with Crippen molar-refractivity contribution in [3.63, 3.8) is 0 Å². The highest BCUT2D eigenvalue weighted by molar-refractivity contribution is 9.10. The van der Waals surface area contributed by atoms with Gasteiger partial charge in [0.15, 0.2) is 0 Å². The molecule has 116 valence electrons. The molecule has 0 aliphatic carbocycles. The Balaban J connectivity index is 1.87. The van der Waals surface area contributed by atoms with Crippen molar-refractivity contribution in [2.24, 2.45) is 5.92 Å². The van der Waals surface area contributed by atoms with Crippen molar-refractivity contribution in [2.45, 2.75) is 50.7 Å². The van der Waals surface area contributed by atoms with Crippen LogP contribution in [0.15, 0.2) is 22.7 Å². The minimum atomic E-state index is -0.102. The molecule has 0 amide bonds. The van der Waals surface area contributed by atoms with E-state index >= 15 is 0 Å². The van der Waals surface area contributed by atoms with Gasteiger partial charge in [-0.2, -0.15) is 0 Å². The van der Waals surface area contributed by atoms with Crippen molar-refractivity contribution in [3.05, 3.63) is 34.1 Å². The molecule has 1 aromatic carbocycles. The van der Waals surface area contributed by atoms with E-state index in [1.165, 1.54) is 25.7 Å². The van der Waals surface area contributed by atoms with Crippen LogP contribution in [0.1, 0.15) is 44.2 Å². The Morgan fingerprint density at radius 1 is 1.33 bits per heavy atom. The highest BCUT2D eigenvalue weighted by atomic mass is 79.9. The number of rotatable bonds is 4. The minimum absolute atomic E-state index is 0.102. The number of piperidine rings is 1. The topological polar surface area (TPSA) is 15.3 Å². The molecule has 2 nitrogen and oxygen atoms in total. The van der Waals surface area contributed by atoms with Gasteiger partial charge >= 0.3 is 0 Å². The maximum Gasteiger partial charge on any atom is 0.142 e. The normalized spacial score (nSPS) is 30.6. The number of nitrogens with zero attached hydrogens (tertiary/aromatic N) is 1. The SMILES string of the molecule is CCNC(c1cccc(Br)c1F)C1CC2CCC(C1)N2C. The molecule has 1 N–H and O–H groups in total. The van der Waals surface area contributed by atoms with Crippen LogP contribution in [0.5, 0.6) is 0 Å². The van der Waals surface area contributed by atoms with Crippen LogP contribution in [-0.4, -0.2) is 30.6 Å². The molecule has 0 aromatic heterocycles. The van der Waals surface area contributed by atoms with Gasteiger partial charge in [0.25, 0.3) is 0 Å². The van der Waals surface area contributed by atoms with Crippen LogP contribution >= 0.6 is 15.9 Å². The van der Waals surface area contributed by atoms with Crippen molar-refractivity contribution in [1.29, 1.82) is 0 Å². The molecule has 2 heterocycles. The van der Waals surface area contributed by atoms with Gasteiger partial charge in [-0.15, -0.1) is 0 Å². The zero-order chi connectivity index (χ0) is 15.0. The molecule has 1 aromatic rings. The molecule has 0 radical (unpaired) electrons. The van der Waals surface area contributed by atoms with Crippen LogP contribution in [0.25, 0.3) is 0 Å². The average Bonchev–Trinajstić information content (AvgIpc) is 2.70. The third-order valence-electron chi connectivity index (χ3n) is 5.35. The van der Waals surface area contributed by atoms with Crippen molar-refractivity contribution >= 4 is 15.9 Å². The second kappa shape index (κ2) is 6.35. The van der Waals surface area contributed by atoms with Gasteiger partial charge in [0.2, 0.25) is 0 Å². The van der Waals surface area contributed by atoms with Crippen molar-refractivity contribution in [2.75, 3.05) is 13.6 Å². The van der Waals surface area contributed by atoms with Gasteiger partial charge in [-0.3, -0.25) is 0 Å². The molecule has 0 saturated carbocycles. The molecular weight excluding hydrogens is 331 g/mol. The Labute approximate surface area is 135 Å². The van der Waals surface area contributed by atoms with Gasteiger partial charge < -0.3 is 10.2 Å². The summed E-state index contributed by atoms with van der Waals surface area (Å²) in [6, 6.07) is 7.16. The smallest absolute Gasteiger partial charge is 0.142 e. The molecule has 2 saturated heterocycles. The molecule has 21 heavy (non-hydrogen) atoms. The lowest BCUT2D eigenvalue weighted by molar-refractivity contribution is 0.112. The zero-order valence-electron chi connectivity index (χ0n) is 12.8. The fraction of sp³-hybridized carbons (Fsp3) is 0.647. The minimum Gasteiger partial charge on any atom is -0.310 e. The molecule has 2 bridgehead atoms. The summed E-state index contributed by atoms with van der Waals surface area (Å²) in [5.74, 6) is 0.428. The first-order valence-electron chi connectivity index (χ1n) is 8.01. The Morgan fingerprint density at radius 2 is 2.00 bits per heavy atom.